The number of carbonyl (C=O) groups is 1. The first kappa shape index (κ1) is 28.4. The number of benzene rings is 1. The summed E-state index contributed by atoms with van der Waals surface area (Å²) in [5, 5.41) is 2.90. The minimum atomic E-state index is -0.964. The Labute approximate surface area is 180 Å². The van der Waals surface area contributed by atoms with E-state index in [1.165, 1.54) is 12.1 Å². The van der Waals surface area contributed by atoms with Crippen LogP contribution in [0.3, 0.4) is 0 Å². The van der Waals surface area contributed by atoms with Crippen molar-refractivity contribution in [3.63, 3.8) is 0 Å². The quantitative estimate of drug-likeness (QED) is 0.731. The lowest BCUT2D eigenvalue weighted by molar-refractivity contribution is -0.125. The summed E-state index contributed by atoms with van der Waals surface area (Å²) < 4.78 is 13.8. The van der Waals surface area contributed by atoms with Gasteiger partial charge in [0.15, 0.2) is 0 Å². The van der Waals surface area contributed by atoms with Crippen LogP contribution in [0.4, 0.5) is 10.1 Å². The van der Waals surface area contributed by atoms with E-state index in [1.807, 2.05) is 13.0 Å². The molecule has 0 saturated carbocycles. The highest BCUT2D eigenvalue weighted by atomic mass is 35.5. The Balaban J connectivity index is 0. The van der Waals surface area contributed by atoms with Crippen molar-refractivity contribution in [2.45, 2.75) is 39.3 Å². The summed E-state index contributed by atoms with van der Waals surface area (Å²) in [6.07, 6.45) is 0. The number of nitrogens with zero attached hydrogens (tertiary/aromatic N) is 2. The van der Waals surface area contributed by atoms with Gasteiger partial charge < -0.3 is 20.9 Å². The first-order valence-corrected chi connectivity index (χ1v) is 8.59. The monoisotopic (exact) mass is 444 g/mol. The van der Waals surface area contributed by atoms with E-state index in [0.717, 1.165) is 44.0 Å². The van der Waals surface area contributed by atoms with E-state index in [2.05, 4.69) is 22.0 Å². The van der Waals surface area contributed by atoms with Crippen molar-refractivity contribution in [2.75, 3.05) is 37.6 Å². The van der Waals surface area contributed by atoms with Crippen LogP contribution in [-0.4, -0.2) is 49.1 Å². The maximum absolute atomic E-state index is 13.8. The fourth-order valence-electron chi connectivity index (χ4n) is 2.93. The van der Waals surface area contributed by atoms with E-state index in [0.29, 0.717) is 0 Å². The molecule has 3 N–H and O–H groups in total. The summed E-state index contributed by atoms with van der Waals surface area (Å²) in [5.41, 5.74) is 6.65. The van der Waals surface area contributed by atoms with Gasteiger partial charge in [0.2, 0.25) is 5.91 Å². The van der Waals surface area contributed by atoms with Crippen molar-refractivity contribution in [2.24, 2.45) is 5.73 Å². The lowest BCUT2D eigenvalue weighted by Crippen LogP contribution is -2.50. The number of anilines is 1. The normalized spacial score (nSPS) is 15.7. The lowest BCUT2D eigenvalue weighted by atomic mass is 10.0. The van der Waals surface area contributed by atoms with Crippen LogP contribution in [0.15, 0.2) is 18.2 Å². The van der Waals surface area contributed by atoms with Gasteiger partial charge in [0.25, 0.3) is 0 Å². The molecule has 1 atom stereocenters. The van der Waals surface area contributed by atoms with Crippen LogP contribution in [0.1, 0.15) is 39.3 Å². The highest BCUT2D eigenvalue weighted by Crippen LogP contribution is 2.28. The summed E-state index contributed by atoms with van der Waals surface area (Å²) in [7, 11) is 0. The SMILES string of the molecule is CCN1CCN(c2ccc(F)cc2C(C)NC(=O)C(C)(C)N)CC1.Cl.Cl.Cl. The van der Waals surface area contributed by atoms with Gasteiger partial charge in [-0.1, -0.05) is 6.92 Å². The molecule has 5 nitrogen and oxygen atoms in total. The molecule has 1 amide bonds. The molecule has 9 heteroatoms. The largest absolute Gasteiger partial charge is 0.369 e. The molecular weight excluding hydrogens is 414 g/mol. The fourth-order valence-corrected chi connectivity index (χ4v) is 2.93. The van der Waals surface area contributed by atoms with Gasteiger partial charge in [-0.3, -0.25) is 4.79 Å². The van der Waals surface area contributed by atoms with Gasteiger partial charge in [0.1, 0.15) is 5.82 Å². The van der Waals surface area contributed by atoms with Crippen molar-refractivity contribution in [3.05, 3.63) is 29.6 Å². The van der Waals surface area contributed by atoms with Gasteiger partial charge in [0.05, 0.1) is 11.6 Å². The molecule has 27 heavy (non-hydrogen) atoms. The topological polar surface area (TPSA) is 61.6 Å². The van der Waals surface area contributed by atoms with E-state index in [4.69, 9.17) is 5.73 Å². The standard InChI is InChI=1S/C18H29FN4O.3ClH/c1-5-22-8-10-23(11-9-22)16-7-6-14(19)12-15(16)13(2)21-17(24)18(3,4)20;;;/h6-7,12-13H,5,8-11,20H2,1-4H3,(H,21,24);3*1H. The number of nitrogens with one attached hydrogen (secondary N) is 1. The minimum Gasteiger partial charge on any atom is -0.369 e. The van der Waals surface area contributed by atoms with Gasteiger partial charge in [-0.2, -0.15) is 0 Å². The van der Waals surface area contributed by atoms with Crippen molar-refractivity contribution in [1.82, 2.24) is 10.2 Å². The third-order valence-corrected chi connectivity index (χ3v) is 4.55. The van der Waals surface area contributed by atoms with Crippen LogP contribution in [0.5, 0.6) is 0 Å². The fraction of sp³-hybridized carbons (Fsp3) is 0.611. The molecule has 1 fully saturated rings. The Hall–Kier alpha value is -0.790. The molecule has 0 aliphatic carbocycles. The van der Waals surface area contributed by atoms with E-state index in [-0.39, 0.29) is 55.0 Å². The molecule has 1 aliphatic heterocycles. The number of hydrogen-bond donors (Lipinski definition) is 2. The van der Waals surface area contributed by atoms with E-state index < -0.39 is 5.54 Å². The zero-order valence-electron chi connectivity index (χ0n) is 16.3. The Kier molecular flexibility index (Phi) is 12.5. The van der Waals surface area contributed by atoms with Gasteiger partial charge in [-0.05, 0) is 45.5 Å². The van der Waals surface area contributed by atoms with Gasteiger partial charge in [0, 0.05) is 37.4 Å². The number of halogens is 4. The van der Waals surface area contributed by atoms with Crippen molar-refractivity contribution < 1.29 is 9.18 Å². The smallest absolute Gasteiger partial charge is 0.239 e. The van der Waals surface area contributed by atoms with Crippen LogP contribution < -0.4 is 16.0 Å². The average Bonchev–Trinajstić information content (AvgIpc) is 2.54. The zero-order chi connectivity index (χ0) is 17.9. The lowest BCUT2D eigenvalue weighted by Gasteiger charge is -2.37. The second-order valence-electron chi connectivity index (χ2n) is 7.04. The number of nitrogens with two attached hydrogens (primary N) is 1. The van der Waals surface area contributed by atoms with Gasteiger partial charge in [-0.15, -0.1) is 37.2 Å². The minimum absolute atomic E-state index is 0. The Morgan fingerprint density at radius 2 is 1.78 bits per heavy atom. The summed E-state index contributed by atoms with van der Waals surface area (Å²) in [4.78, 5) is 16.8. The molecule has 0 bridgehead atoms. The first-order valence-electron chi connectivity index (χ1n) is 8.59. The third kappa shape index (κ3) is 7.62. The molecule has 1 aromatic carbocycles. The molecule has 1 unspecified atom stereocenters. The Morgan fingerprint density at radius 3 is 2.26 bits per heavy atom. The second kappa shape index (κ2) is 11.9. The van der Waals surface area contributed by atoms with Crippen LogP contribution in [-0.2, 0) is 4.79 Å². The number of piperazine rings is 1. The number of carbonyl (C=O) groups excluding carboxylic acids is 1. The van der Waals surface area contributed by atoms with Crippen LogP contribution in [0.2, 0.25) is 0 Å². The number of likely N-dealkylation sites (N-methyl/N-ethyl adjacent to an activating group) is 1. The van der Waals surface area contributed by atoms with Gasteiger partial charge >= 0.3 is 0 Å². The molecule has 0 aromatic heterocycles. The van der Waals surface area contributed by atoms with Crippen LogP contribution >= 0.6 is 37.2 Å². The molecule has 1 heterocycles. The molecule has 1 aliphatic rings. The van der Waals surface area contributed by atoms with E-state index in [9.17, 15) is 9.18 Å². The Morgan fingerprint density at radius 1 is 1.22 bits per heavy atom. The molecule has 158 valence electrons. The Bertz CT molecular complexity index is 590. The maximum atomic E-state index is 13.8. The van der Waals surface area contributed by atoms with Crippen molar-refractivity contribution in [3.8, 4) is 0 Å². The highest BCUT2D eigenvalue weighted by Gasteiger charge is 2.26. The summed E-state index contributed by atoms with van der Waals surface area (Å²) in [5.74, 6) is -0.546. The van der Waals surface area contributed by atoms with Crippen LogP contribution in [0, 0.1) is 5.82 Å². The van der Waals surface area contributed by atoms with E-state index in [1.54, 1.807) is 13.8 Å². The summed E-state index contributed by atoms with van der Waals surface area (Å²) >= 11 is 0. The summed E-state index contributed by atoms with van der Waals surface area (Å²) in [6, 6.07) is 4.49. The predicted molar refractivity (Wildman–Crippen MR) is 117 cm³/mol. The maximum Gasteiger partial charge on any atom is 0.239 e. The molecule has 0 spiro atoms. The average molecular weight is 446 g/mol. The molecule has 0 radical (unpaired) electrons. The number of amides is 1. The second-order valence-corrected chi connectivity index (χ2v) is 7.04. The third-order valence-electron chi connectivity index (χ3n) is 4.55. The van der Waals surface area contributed by atoms with Crippen molar-refractivity contribution >= 4 is 48.8 Å². The molecule has 1 aromatic rings. The number of hydrogen-bond acceptors (Lipinski definition) is 4. The van der Waals surface area contributed by atoms with Crippen molar-refractivity contribution in [1.29, 1.82) is 0 Å². The molecular formula is C18H32Cl3FN4O. The predicted octanol–water partition coefficient (Wildman–Crippen LogP) is 3.15. The summed E-state index contributed by atoms with van der Waals surface area (Å²) in [6.45, 7) is 12.2. The molecule has 2 rings (SSSR count). The number of rotatable bonds is 5. The van der Waals surface area contributed by atoms with Gasteiger partial charge in [-0.25, -0.2) is 4.39 Å². The zero-order valence-corrected chi connectivity index (χ0v) is 18.8. The molecule has 1 saturated heterocycles. The van der Waals surface area contributed by atoms with E-state index >= 15 is 0 Å². The van der Waals surface area contributed by atoms with Crippen LogP contribution in [0.25, 0.3) is 0 Å². The first-order chi connectivity index (χ1) is 11.2. The highest BCUT2D eigenvalue weighted by molar-refractivity contribution is 5.86.